The van der Waals surface area contributed by atoms with E-state index in [0.717, 1.165) is 29.7 Å². The van der Waals surface area contributed by atoms with E-state index in [1.807, 2.05) is 50.2 Å². The zero-order valence-electron chi connectivity index (χ0n) is 21.6. The van der Waals surface area contributed by atoms with Crippen LogP contribution in [-0.2, 0) is 27.5 Å². The van der Waals surface area contributed by atoms with Gasteiger partial charge in [-0.15, -0.1) is 0 Å². The number of rotatable bonds is 12. The van der Waals surface area contributed by atoms with Crippen LogP contribution in [0, 0.1) is 11.3 Å². The van der Waals surface area contributed by atoms with Gasteiger partial charge in [-0.1, -0.05) is 38.1 Å². The van der Waals surface area contributed by atoms with E-state index < -0.39 is 18.1 Å². The maximum atomic E-state index is 12.0. The highest BCUT2D eigenvalue weighted by Crippen LogP contribution is 2.25. The summed E-state index contributed by atoms with van der Waals surface area (Å²) in [6.45, 7) is 6.39. The van der Waals surface area contributed by atoms with Crippen molar-refractivity contribution in [1.29, 1.82) is 5.26 Å². The van der Waals surface area contributed by atoms with Crippen molar-refractivity contribution in [3.8, 4) is 11.8 Å². The van der Waals surface area contributed by atoms with Crippen LogP contribution in [-0.4, -0.2) is 41.3 Å². The Morgan fingerprint density at radius 1 is 1.08 bits per heavy atom. The molecule has 8 nitrogen and oxygen atoms in total. The summed E-state index contributed by atoms with van der Waals surface area (Å²) < 4.78 is 12.1. The summed E-state index contributed by atoms with van der Waals surface area (Å²) >= 11 is 0. The van der Waals surface area contributed by atoms with E-state index in [9.17, 15) is 14.7 Å². The van der Waals surface area contributed by atoms with Crippen molar-refractivity contribution < 1.29 is 24.2 Å². The smallest absolute Gasteiger partial charge is 0.331 e. The number of nitriles is 1. The topological polar surface area (TPSA) is 121 Å². The van der Waals surface area contributed by atoms with Gasteiger partial charge in [-0.05, 0) is 60.7 Å². The minimum atomic E-state index is -0.977. The third-order valence-corrected chi connectivity index (χ3v) is 6.48. The molecule has 0 aliphatic heterocycles. The Balaban J connectivity index is 1.65. The van der Waals surface area contributed by atoms with Gasteiger partial charge in [0.25, 0.3) is 0 Å². The molecule has 0 saturated heterocycles. The first-order valence-electron chi connectivity index (χ1n) is 12.6. The molecule has 37 heavy (non-hydrogen) atoms. The molecular weight excluding hydrogens is 470 g/mol. The van der Waals surface area contributed by atoms with Gasteiger partial charge in [0, 0.05) is 25.1 Å². The van der Waals surface area contributed by atoms with E-state index in [2.05, 4.69) is 16.7 Å². The molecule has 3 N–H and O–H groups in total. The lowest BCUT2D eigenvalue weighted by molar-refractivity contribution is -0.133. The highest BCUT2D eigenvalue weighted by molar-refractivity contribution is 5.87. The standard InChI is InChI=1S/C29H35N3O5/c1-4-24(5-2)37-27-15-23(29(34)35)14-26(28(27)32-19(3)33)31-17-21-10-12-25(13-11-21)36-18-22-8-6-20(16-30)7-9-22/h6-13,15,24,26-28,31H,4-5,14,17-18H2,1-3H3,(H,32,33)(H,34,35)/t26-,27+,28+/m0/s1. The number of carbonyl (C=O) groups excluding carboxylic acids is 1. The van der Waals surface area contributed by atoms with Gasteiger partial charge < -0.3 is 25.2 Å². The molecule has 8 heteroatoms. The van der Waals surface area contributed by atoms with Crippen LogP contribution >= 0.6 is 0 Å². The van der Waals surface area contributed by atoms with Gasteiger partial charge >= 0.3 is 5.97 Å². The predicted octanol–water partition coefficient (Wildman–Crippen LogP) is 4.09. The fraction of sp³-hybridized carbons (Fsp3) is 0.414. The minimum absolute atomic E-state index is 0.0249. The Morgan fingerprint density at radius 2 is 1.73 bits per heavy atom. The summed E-state index contributed by atoms with van der Waals surface area (Å²) in [6, 6.07) is 16.3. The summed E-state index contributed by atoms with van der Waals surface area (Å²) in [5.74, 6) is -0.447. The van der Waals surface area contributed by atoms with Crippen molar-refractivity contribution in [3.63, 3.8) is 0 Å². The Labute approximate surface area is 218 Å². The maximum absolute atomic E-state index is 12.0. The summed E-state index contributed by atoms with van der Waals surface area (Å²) in [4.78, 5) is 23.8. The van der Waals surface area contributed by atoms with Crippen LogP contribution in [0.4, 0.5) is 0 Å². The highest BCUT2D eigenvalue weighted by atomic mass is 16.5. The van der Waals surface area contributed by atoms with E-state index in [4.69, 9.17) is 14.7 Å². The van der Waals surface area contributed by atoms with Crippen molar-refractivity contribution in [2.24, 2.45) is 0 Å². The minimum Gasteiger partial charge on any atom is -0.489 e. The molecule has 0 heterocycles. The van der Waals surface area contributed by atoms with Gasteiger partial charge in [0.15, 0.2) is 0 Å². The van der Waals surface area contributed by atoms with Crippen LogP contribution < -0.4 is 15.4 Å². The number of benzene rings is 2. The predicted molar refractivity (Wildman–Crippen MR) is 140 cm³/mol. The van der Waals surface area contributed by atoms with Gasteiger partial charge in [-0.3, -0.25) is 4.79 Å². The van der Waals surface area contributed by atoms with Crippen LogP contribution in [0.15, 0.2) is 60.2 Å². The first-order chi connectivity index (χ1) is 17.8. The quantitative estimate of drug-likeness (QED) is 0.397. The molecule has 0 unspecified atom stereocenters. The molecule has 2 aromatic rings. The second-order valence-corrected chi connectivity index (χ2v) is 9.20. The van der Waals surface area contributed by atoms with Crippen LogP contribution in [0.2, 0.25) is 0 Å². The van der Waals surface area contributed by atoms with Crippen molar-refractivity contribution in [1.82, 2.24) is 10.6 Å². The SMILES string of the molecule is CCC(CC)O[C@@H]1C=C(C(=O)O)C[C@H](NCc2ccc(OCc3ccc(C#N)cc3)cc2)[C@H]1NC(C)=O. The Hall–Kier alpha value is -3.67. The van der Waals surface area contributed by atoms with Gasteiger partial charge in [0.2, 0.25) is 5.91 Å². The number of aliphatic carboxylic acids is 1. The molecule has 196 valence electrons. The second kappa shape index (κ2) is 13.6. The first-order valence-corrected chi connectivity index (χ1v) is 12.6. The lowest BCUT2D eigenvalue weighted by atomic mass is 9.87. The van der Waals surface area contributed by atoms with E-state index in [0.29, 0.717) is 18.7 Å². The van der Waals surface area contributed by atoms with E-state index >= 15 is 0 Å². The van der Waals surface area contributed by atoms with Crippen molar-refractivity contribution in [2.75, 3.05) is 0 Å². The third kappa shape index (κ3) is 8.17. The summed E-state index contributed by atoms with van der Waals surface area (Å²) in [6.07, 6.45) is 2.95. The van der Waals surface area contributed by atoms with Crippen molar-refractivity contribution in [3.05, 3.63) is 76.9 Å². The average molecular weight is 506 g/mol. The van der Waals surface area contributed by atoms with Gasteiger partial charge in [-0.25, -0.2) is 4.79 Å². The number of carboxylic acids is 1. The number of nitrogens with zero attached hydrogens (tertiary/aromatic N) is 1. The van der Waals surface area contributed by atoms with Gasteiger partial charge in [-0.2, -0.15) is 5.26 Å². The largest absolute Gasteiger partial charge is 0.489 e. The molecule has 2 aromatic carbocycles. The third-order valence-electron chi connectivity index (χ3n) is 6.48. The van der Waals surface area contributed by atoms with Gasteiger partial charge in [0.05, 0.1) is 29.9 Å². The molecule has 0 fully saturated rings. The Morgan fingerprint density at radius 3 is 2.30 bits per heavy atom. The van der Waals surface area contributed by atoms with E-state index in [1.54, 1.807) is 18.2 Å². The average Bonchev–Trinajstić information content (AvgIpc) is 2.90. The number of hydrogen-bond acceptors (Lipinski definition) is 6. The lowest BCUT2D eigenvalue weighted by Gasteiger charge is -2.38. The first kappa shape index (κ1) is 27.9. The van der Waals surface area contributed by atoms with Crippen molar-refractivity contribution >= 4 is 11.9 Å². The summed E-state index contributed by atoms with van der Waals surface area (Å²) in [7, 11) is 0. The molecule has 0 bridgehead atoms. The molecule has 0 saturated carbocycles. The number of ether oxygens (including phenoxy) is 2. The number of carbonyl (C=O) groups is 2. The number of carboxylic acid groups (broad SMARTS) is 1. The maximum Gasteiger partial charge on any atom is 0.331 e. The van der Waals surface area contributed by atoms with Crippen LogP contribution in [0.5, 0.6) is 5.75 Å². The monoisotopic (exact) mass is 505 g/mol. The molecule has 0 spiro atoms. The molecule has 1 aliphatic carbocycles. The summed E-state index contributed by atoms with van der Waals surface area (Å²) in [5.41, 5.74) is 2.86. The van der Waals surface area contributed by atoms with E-state index in [-0.39, 0.29) is 30.0 Å². The molecule has 0 radical (unpaired) electrons. The second-order valence-electron chi connectivity index (χ2n) is 9.20. The van der Waals surface area contributed by atoms with Crippen LogP contribution in [0.25, 0.3) is 0 Å². The molecular formula is C29H35N3O5. The summed E-state index contributed by atoms with van der Waals surface area (Å²) in [5, 5.41) is 25.0. The lowest BCUT2D eigenvalue weighted by Crippen LogP contribution is -2.58. The number of amides is 1. The van der Waals surface area contributed by atoms with Gasteiger partial charge in [0.1, 0.15) is 12.4 Å². The fourth-order valence-corrected chi connectivity index (χ4v) is 4.36. The molecule has 0 aromatic heterocycles. The zero-order valence-corrected chi connectivity index (χ0v) is 21.6. The van der Waals surface area contributed by atoms with Crippen LogP contribution in [0.3, 0.4) is 0 Å². The zero-order chi connectivity index (χ0) is 26.8. The number of hydrogen-bond donors (Lipinski definition) is 3. The normalized spacial score (nSPS) is 19.1. The molecule has 1 amide bonds. The molecule has 1 aliphatic rings. The fourth-order valence-electron chi connectivity index (χ4n) is 4.36. The molecule has 3 atom stereocenters. The molecule has 3 rings (SSSR count). The Kier molecular flexibility index (Phi) is 10.2. The van der Waals surface area contributed by atoms with Crippen molar-refractivity contribution in [2.45, 2.75) is 77.5 Å². The number of nitrogens with one attached hydrogen (secondary N) is 2. The van der Waals surface area contributed by atoms with E-state index in [1.165, 1.54) is 6.92 Å². The Bertz CT molecular complexity index is 1120. The highest BCUT2D eigenvalue weighted by Gasteiger charge is 2.37. The van der Waals surface area contributed by atoms with Crippen LogP contribution in [0.1, 0.15) is 56.7 Å².